The van der Waals surface area contributed by atoms with Crippen LogP contribution in [0.2, 0.25) is 5.02 Å². The second-order valence-corrected chi connectivity index (χ2v) is 9.91. The zero-order valence-electron chi connectivity index (χ0n) is 22.1. The van der Waals surface area contributed by atoms with Crippen LogP contribution in [-0.4, -0.2) is 49.5 Å². The summed E-state index contributed by atoms with van der Waals surface area (Å²) in [5.74, 6) is 0.144. The van der Waals surface area contributed by atoms with Crippen LogP contribution in [0.15, 0.2) is 57.5 Å². The lowest BCUT2D eigenvalue weighted by molar-refractivity contribution is -0.384. The van der Waals surface area contributed by atoms with E-state index in [0.29, 0.717) is 39.7 Å². The maximum absolute atomic E-state index is 13.9. The van der Waals surface area contributed by atoms with Gasteiger partial charge in [0.1, 0.15) is 17.7 Å². The summed E-state index contributed by atoms with van der Waals surface area (Å²) in [6.07, 6.45) is 1.52. The summed E-state index contributed by atoms with van der Waals surface area (Å²) < 4.78 is 23.6. The van der Waals surface area contributed by atoms with E-state index in [-0.39, 0.29) is 34.0 Å². The summed E-state index contributed by atoms with van der Waals surface area (Å²) in [7, 11) is 2.99. The zero-order valence-corrected chi connectivity index (χ0v) is 23.7. The lowest BCUT2D eigenvalue weighted by Crippen LogP contribution is -2.40. The molecule has 0 bridgehead atoms. The van der Waals surface area contributed by atoms with Crippen molar-refractivity contribution in [2.24, 2.45) is 4.99 Å². The largest absolute Gasteiger partial charge is 0.493 e. The van der Waals surface area contributed by atoms with Crippen LogP contribution >= 0.6 is 22.9 Å². The Morgan fingerprint density at radius 3 is 2.70 bits per heavy atom. The number of methoxy groups -OCH3 is 2. The standard InChI is InChI=1S/C27H26ClN3O8S/c1-5-38-24-17(7-6-8-20(24)37-4)23-22(26(33)39-12-11-36-3)15(2)29-27-30(23)25(32)21(40-27)14-16-9-10-18(28)19(13-16)31(34)35/h6-10,13-14,23H,5,11-12H2,1-4H3/b21-14+/t23-/m0/s1. The molecule has 1 atom stereocenters. The number of nitro benzene ring substituents is 1. The molecule has 0 N–H and O–H groups in total. The SMILES string of the molecule is CCOc1c(OC)cccc1[C@H]1C(C(=O)OCCOC)=C(C)N=c2s/c(=C/c3ccc(Cl)c([N+](=O)[O-])c3)c(=O)n21. The number of carbonyl (C=O) groups is 1. The van der Waals surface area contributed by atoms with Crippen molar-refractivity contribution in [3.05, 3.63) is 93.6 Å². The third-order valence-corrected chi connectivity index (χ3v) is 7.34. The fraction of sp³-hybridized carbons (Fsp3) is 0.296. The Hall–Kier alpha value is -4.00. The first-order valence-electron chi connectivity index (χ1n) is 12.1. The number of nitro groups is 1. The van der Waals surface area contributed by atoms with Gasteiger partial charge in [-0.1, -0.05) is 41.1 Å². The van der Waals surface area contributed by atoms with Gasteiger partial charge in [0.2, 0.25) is 0 Å². The van der Waals surface area contributed by atoms with Crippen LogP contribution in [0.25, 0.3) is 6.08 Å². The monoisotopic (exact) mass is 587 g/mol. The predicted molar refractivity (Wildman–Crippen MR) is 149 cm³/mol. The average molecular weight is 588 g/mol. The quantitative estimate of drug-likeness (QED) is 0.153. The van der Waals surface area contributed by atoms with Gasteiger partial charge in [-0.25, -0.2) is 9.79 Å². The molecule has 0 unspecified atom stereocenters. The number of nitrogens with zero attached hydrogens (tertiary/aromatic N) is 3. The van der Waals surface area contributed by atoms with E-state index in [9.17, 15) is 19.7 Å². The number of halogens is 1. The van der Waals surface area contributed by atoms with Gasteiger partial charge in [0.25, 0.3) is 11.2 Å². The second-order valence-electron chi connectivity index (χ2n) is 8.49. The Kier molecular flexibility index (Phi) is 9.03. The Balaban J connectivity index is 1.97. The van der Waals surface area contributed by atoms with Crippen molar-refractivity contribution in [2.45, 2.75) is 19.9 Å². The zero-order chi connectivity index (χ0) is 29.0. The molecule has 11 nitrogen and oxygen atoms in total. The third-order valence-electron chi connectivity index (χ3n) is 6.04. The van der Waals surface area contributed by atoms with Crippen molar-refractivity contribution in [3.8, 4) is 11.5 Å². The van der Waals surface area contributed by atoms with E-state index in [1.165, 1.54) is 37.0 Å². The van der Waals surface area contributed by atoms with Gasteiger partial charge >= 0.3 is 5.97 Å². The molecule has 0 amide bonds. The van der Waals surface area contributed by atoms with E-state index in [2.05, 4.69) is 4.99 Å². The molecule has 2 heterocycles. The number of thiazole rings is 1. The normalized spacial score (nSPS) is 14.9. The second kappa shape index (κ2) is 12.5. The van der Waals surface area contributed by atoms with Gasteiger partial charge in [0.05, 0.1) is 41.0 Å². The number of para-hydroxylation sites is 1. The van der Waals surface area contributed by atoms with Gasteiger partial charge in [-0.15, -0.1) is 0 Å². The van der Waals surface area contributed by atoms with E-state index in [1.807, 2.05) is 6.92 Å². The van der Waals surface area contributed by atoms with Crippen LogP contribution in [0, 0.1) is 10.1 Å². The number of ether oxygens (including phenoxy) is 4. The Morgan fingerprint density at radius 2 is 2.02 bits per heavy atom. The topological polar surface area (TPSA) is 131 Å². The number of fused-ring (bicyclic) bond motifs is 1. The van der Waals surface area contributed by atoms with Crippen molar-refractivity contribution in [2.75, 3.05) is 34.0 Å². The average Bonchev–Trinajstić information content (AvgIpc) is 3.23. The number of carbonyl (C=O) groups excluding carboxylic acids is 1. The third kappa shape index (κ3) is 5.64. The van der Waals surface area contributed by atoms with Crippen molar-refractivity contribution >= 4 is 40.7 Å². The fourth-order valence-electron chi connectivity index (χ4n) is 4.29. The first-order valence-corrected chi connectivity index (χ1v) is 13.3. The lowest BCUT2D eigenvalue weighted by atomic mass is 9.94. The minimum absolute atomic E-state index is 0.00896. The lowest BCUT2D eigenvalue weighted by Gasteiger charge is -2.27. The van der Waals surface area contributed by atoms with Crippen LogP contribution in [0.1, 0.15) is 31.0 Å². The van der Waals surface area contributed by atoms with Crippen LogP contribution in [0.4, 0.5) is 5.69 Å². The van der Waals surface area contributed by atoms with E-state index in [4.69, 9.17) is 30.5 Å². The highest BCUT2D eigenvalue weighted by Crippen LogP contribution is 2.40. The number of esters is 1. The summed E-state index contributed by atoms with van der Waals surface area (Å²) in [6.45, 7) is 3.99. The molecule has 40 heavy (non-hydrogen) atoms. The van der Waals surface area contributed by atoms with Gasteiger partial charge in [0, 0.05) is 18.7 Å². The Morgan fingerprint density at radius 1 is 1.25 bits per heavy atom. The number of aromatic nitrogens is 1. The van der Waals surface area contributed by atoms with E-state index in [1.54, 1.807) is 31.2 Å². The molecule has 2 aromatic carbocycles. The maximum atomic E-state index is 13.9. The molecule has 3 aromatic rings. The van der Waals surface area contributed by atoms with Crippen molar-refractivity contribution in [1.82, 2.24) is 4.57 Å². The summed E-state index contributed by atoms with van der Waals surface area (Å²) in [4.78, 5) is 43.0. The molecule has 0 spiro atoms. The number of rotatable bonds is 10. The molecule has 1 aliphatic heterocycles. The van der Waals surface area contributed by atoms with Gasteiger partial charge in [-0.3, -0.25) is 19.5 Å². The van der Waals surface area contributed by atoms with Crippen molar-refractivity contribution < 1.29 is 28.7 Å². The van der Waals surface area contributed by atoms with Gasteiger partial charge in [0.15, 0.2) is 16.3 Å². The molecule has 13 heteroatoms. The first-order chi connectivity index (χ1) is 19.2. The fourth-order valence-corrected chi connectivity index (χ4v) is 5.52. The molecule has 0 aliphatic carbocycles. The molecule has 4 rings (SSSR count). The number of allylic oxidation sites excluding steroid dienone is 1. The Labute approximate surface area is 237 Å². The minimum atomic E-state index is -0.954. The van der Waals surface area contributed by atoms with Gasteiger partial charge in [-0.2, -0.15) is 0 Å². The predicted octanol–water partition coefficient (Wildman–Crippen LogP) is 3.39. The van der Waals surface area contributed by atoms with Crippen molar-refractivity contribution in [3.63, 3.8) is 0 Å². The molecule has 210 valence electrons. The number of hydrogen-bond donors (Lipinski definition) is 0. The van der Waals surface area contributed by atoms with E-state index >= 15 is 0 Å². The van der Waals surface area contributed by atoms with Crippen LogP contribution in [0.3, 0.4) is 0 Å². The van der Waals surface area contributed by atoms with E-state index < -0.39 is 22.5 Å². The Bertz CT molecular complexity index is 1680. The number of hydrogen-bond acceptors (Lipinski definition) is 10. The molecule has 0 fully saturated rings. The van der Waals surface area contributed by atoms with Gasteiger partial charge in [-0.05, 0) is 37.6 Å². The molecule has 0 saturated heterocycles. The molecular weight excluding hydrogens is 562 g/mol. The number of benzene rings is 2. The summed E-state index contributed by atoms with van der Waals surface area (Å²) in [5, 5.41) is 11.4. The van der Waals surface area contributed by atoms with Gasteiger partial charge < -0.3 is 18.9 Å². The first kappa shape index (κ1) is 29.0. The molecule has 0 radical (unpaired) electrons. The molecule has 0 saturated carbocycles. The smallest absolute Gasteiger partial charge is 0.338 e. The van der Waals surface area contributed by atoms with Crippen molar-refractivity contribution in [1.29, 1.82) is 0 Å². The summed E-state index contributed by atoms with van der Waals surface area (Å²) in [5.41, 5.74) is 0.703. The molecular formula is C27H26ClN3O8S. The maximum Gasteiger partial charge on any atom is 0.338 e. The molecule has 1 aliphatic rings. The van der Waals surface area contributed by atoms with E-state index in [0.717, 1.165) is 11.3 Å². The highest BCUT2D eigenvalue weighted by atomic mass is 35.5. The van der Waals surface area contributed by atoms with Crippen LogP contribution in [0.5, 0.6) is 11.5 Å². The minimum Gasteiger partial charge on any atom is -0.493 e. The van der Waals surface area contributed by atoms with Crippen LogP contribution in [-0.2, 0) is 14.3 Å². The molecule has 1 aromatic heterocycles. The summed E-state index contributed by atoms with van der Waals surface area (Å²) in [6, 6.07) is 8.51. The van der Waals surface area contributed by atoms with Crippen LogP contribution < -0.4 is 24.4 Å². The summed E-state index contributed by atoms with van der Waals surface area (Å²) >= 11 is 7.04. The highest BCUT2D eigenvalue weighted by Gasteiger charge is 2.36. The highest BCUT2D eigenvalue weighted by molar-refractivity contribution is 7.07.